The standard InChI is InChI=1S/C29H26ClNO6/c1-4-36-24-14-18(7-10-22(24)32)26-25-27(33)20-15-21(30)16(2)13-23(20)37-28(25)29(34)31(26)12-11-17-5-8-19(35-3)9-6-17/h5-10,13-15,26,32H,4,11-12H2,1-3H3/t26-/m1/s1. The van der Waals surface area contributed by atoms with Gasteiger partial charge in [-0.25, -0.2) is 0 Å². The van der Waals surface area contributed by atoms with Crippen LogP contribution < -0.4 is 14.9 Å². The molecular formula is C29H26ClNO6. The number of aryl methyl sites for hydroxylation is 1. The van der Waals surface area contributed by atoms with Gasteiger partial charge in [0.15, 0.2) is 16.9 Å². The van der Waals surface area contributed by atoms with Crippen molar-refractivity contribution in [2.45, 2.75) is 26.3 Å². The van der Waals surface area contributed by atoms with E-state index in [-0.39, 0.29) is 34.2 Å². The van der Waals surface area contributed by atoms with Crippen LogP contribution in [0, 0.1) is 6.92 Å². The van der Waals surface area contributed by atoms with Crippen molar-refractivity contribution >= 4 is 28.5 Å². The van der Waals surface area contributed by atoms with Crippen molar-refractivity contribution in [3.05, 3.63) is 97.9 Å². The third-order valence-corrected chi connectivity index (χ3v) is 7.05. The lowest BCUT2D eigenvalue weighted by Crippen LogP contribution is -2.31. The number of hydrogen-bond donors (Lipinski definition) is 1. The molecule has 0 aliphatic carbocycles. The number of benzene rings is 3. The van der Waals surface area contributed by atoms with Crippen LogP contribution in [0.2, 0.25) is 5.02 Å². The van der Waals surface area contributed by atoms with E-state index in [2.05, 4.69) is 0 Å². The molecule has 0 bridgehead atoms. The van der Waals surface area contributed by atoms with E-state index in [1.165, 1.54) is 6.07 Å². The summed E-state index contributed by atoms with van der Waals surface area (Å²) in [4.78, 5) is 29.1. The summed E-state index contributed by atoms with van der Waals surface area (Å²) in [6.07, 6.45) is 0.551. The fourth-order valence-electron chi connectivity index (χ4n) is 4.73. The molecule has 190 valence electrons. The van der Waals surface area contributed by atoms with Gasteiger partial charge in [0.05, 0.1) is 30.7 Å². The number of fused-ring (bicyclic) bond motifs is 2. The number of halogens is 1. The summed E-state index contributed by atoms with van der Waals surface area (Å²) < 4.78 is 16.9. The minimum Gasteiger partial charge on any atom is -0.504 e. The maximum atomic E-state index is 13.8. The minimum atomic E-state index is -0.721. The van der Waals surface area contributed by atoms with Gasteiger partial charge in [-0.15, -0.1) is 0 Å². The molecule has 0 saturated carbocycles. The SMILES string of the molecule is CCOc1cc([C@@H]2c3c(oc4cc(C)c(Cl)cc4c3=O)C(=O)N2CCc2ccc(OC)cc2)ccc1O. The van der Waals surface area contributed by atoms with Crippen molar-refractivity contribution in [2.75, 3.05) is 20.3 Å². The van der Waals surface area contributed by atoms with Crippen molar-refractivity contribution < 1.29 is 23.8 Å². The predicted molar refractivity (Wildman–Crippen MR) is 141 cm³/mol. The van der Waals surface area contributed by atoms with Gasteiger partial charge in [0, 0.05) is 11.6 Å². The Balaban J connectivity index is 1.64. The summed E-state index contributed by atoms with van der Waals surface area (Å²) in [5, 5.41) is 11.0. The molecule has 37 heavy (non-hydrogen) atoms. The number of hydrogen-bond acceptors (Lipinski definition) is 6. The molecule has 5 rings (SSSR count). The maximum Gasteiger partial charge on any atom is 0.290 e. The highest BCUT2D eigenvalue weighted by Crippen LogP contribution is 2.41. The minimum absolute atomic E-state index is 0.0185. The summed E-state index contributed by atoms with van der Waals surface area (Å²) in [5.74, 6) is 0.651. The van der Waals surface area contributed by atoms with Crippen LogP contribution in [-0.4, -0.2) is 36.2 Å². The van der Waals surface area contributed by atoms with E-state index in [1.54, 1.807) is 36.3 Å². The molecule has 2 heterocycles. The third-order valence-electron chi connectivity index (χ3n) is 6.65. The maximum absolute atomic E-state index is 13.8. The Morgan fingerprint density at radius 2 is 1.84 bits per heavy atom. The van der Waals surface area contributed by atoms with Crippen molar-refractivity contribution in [1.82, 2.24) is 4.90 Å². The van der Waals surface area contributed by atoms with Crippen LogP contribution >= 0.6 is 11.6 Å². The number of phenolic OH excluding ortho intramolecular Hbond substituents is 1. The quantitative estimate of drug-likeness (QED) is 0.339. The number of amides is 1. The fraction of sp³-hybridized carbons (Fsp3) is 0.241. The van der Waals surface area contributed by atoms with Gasteiger partial charge in [0.25, 0.3) is 5.91 Å². The van der Waals surface area contributed by atoms with Crippen molar-refractivity contribution in [3.63, 3.8) is 0 Å². The van der Waals surface area contributed by atoms with Crippen molar-refractivity contribution in [2.24, 2.45) is 0 Å². The van der Waals surface area contributed by atoms with Gasteiger partial charge in [0.1, 0.15) is 11.3 Å². The van der Waals surface area contributed by atoms with Crippen LogP contribution in [-0.2, 0) is 6.42 Å². The zero-order chi connectivity index (χ0) is 26.3. The molecule has 1 atom stereocenters. The van der Waals surface area contributed by atoms with Gasteiger partial charge in [-0.2, -0.15) is 0 Å². The van der Waals surface area contributed by atoms with Crippen LogP contribution in [0.1, 0.15) is 45.8 Å². The first-order chi connectivity index (χ1) is 17.8. The lowest BCUT2D eigenvalue weighted by molar-refractivity contribution is 0.0729. The fourth-order valence-corrected chi connectivity index (χ4v) is 4.90. The highest BCUT2D eigenvalue weighted by molar-refractivity contribution is 6.32. The predicted octanol–water partition coefficient (Wildman–Crippen LogP) is 5.66. The first-order valence-electron chi connectivity index (χ1n) is 12.0. The Morgan fingerprint density at radius 1 is 1.08 bits per heavy atom. The van der Waals surface area contributed by atoms with Gasteiger partial charge >= 0.3 is 0 Å². The monoisotopic (exact) mass is 519 g/mol. The molecule has 8 heteroatoms. The summed E-state index contributed by atoms with van der Waals surface area (Å²) in [5.41, 5.74) is 2.64. The molecular weight excluding hydrogens is 494 g/mol. The lowest BCUT2D eigenvalue weighted by atomic mass is 9.97. The molecule has 0 fully saturated rings. The molecule has 1 aliphatic heterocycles. The van der Waals surface area contributed by atoms with Gasteiger partial charge in [-0.1, -0.05) is 29.8 Å². The van der Waals surface area contributed by atoms with Crippen molar-refractivity contribution in [3.8, 4) is 17.2 Å². The summed E-state index contributed by atoms with van der Waals surface area (Å²) >= 11 is 6.32. The largest absolute Gasteiger partial charge is 0.504 e. The molecule has 4 aromatic rings. The number of methoxy groups -OCH3 is 1. The molecule has 1 aliphatic rings. The van der Waals surface area contributed by atoms with Crippen LogP contribution in [0.5, 0.6) is 17.2 Å². The lowest BCUT2D eigenvalue weighted by Gasteiger charge is -2.25. The molecule has 1 amide bonds. The van der Waals surface area contributed by atoms with E-state index in [0.717, 1.165) is 16.9 Å². The van der Waals surface area contributed by atoms with Crippen LogP contribution in [0.25, 0.3) is 11.0 Å². The first-order valence-corrected chi connectivity index (χ1v) is 12.4. The second-order valence-electron chi connectivity index (χ2n) is 8.93. The number of nitrogens with zero attached hydrogens (tertiary/aromatic N) is 1. The molecule has 3 aromatic carbocycles. The number of aromatic hydroxyl groups is 1. The van der Waals surface area contributed by atoms with Gasteiger partial charge in [0.2, 0.25) is 5.76 Å². The molecule has 1 aromatic heterocycles. The van der Waals surface area contributed by atoms with Crippen LogP contribution in [0.4, 0.5) is 0 Å². The molecule has 0 saturated heterocycles. The summed E-state index contributed by atoms with van der Waals surface area (Å²) in [6, 6.07) is 15.0. The van der Waals surface area contributed by atoms with Gasteiger partial charge in [-0.05, 0) is 73.4 Å². The van der Waals surface area contributed by atoms with Crippen LogP contribution in [0.15, 0.2) is 63.8 Å². The number of carbonyl (C=O) groups excluding carboxylic acids is 1. The molecule has 0 unspecified atom stereocenters. The van der Waals surface area contributed by atoms with Crippen LogP contribution in [0.3, 0.4) is 0 Å². The van der Waals surface area contributed by atoms with Crippen molar-refractivity contribution in [1.29, 1.82) is 0 Å². The Labute approximate surface area is 218 Å². The zero-order valence-electron chi connectivity index (χ0n) is 20.7. The molecule has 1 N–H and O–H groups in total. The molecule has 0 spiro atoms. The number of phenols is 1. The molecule has 0 radical (unpaired) electrons. The second kappa shape index (κ2) is 9.82. The topological polar surface area (TPSA) is 89.2 Å². The second-order valence-corrected chi connectivity index (χ2v) is 9.34. The Hall–Kier alpha value is -3.97. The average Bonchev–Trinajstić information content (AvgIpc) is 3.17. The van der Waals surface area contributed by atoms with E-state index in [0.29, 0.717) is 41.1 Å². The normalized spacial score (nSPS) is 14.8. The Bertz CT molecular complexity index is 1560. The van der Waals surface area contributed by atoms with E-state index in [1.807, 2.05) is 38.1 Å². The third kappa shape index (κ3) is 4.40. The average molecular weight is 520 g/mol. The van der Waals surface area contributed by atoms with E-state index in [4.69, 9.17) is 25.5 Å². The summed E-state index contributed by atoms with van der Waals surface area (Å²) in [7, 11) is 1.61. The number of ether oxygens (including phenoxy) is 2. The van der Waals surface area contributed by atoms with Gasteiger partial charge < -0.3 is 23.9 Å². The van der Waals surface area contributed by atoms with E-state index in [9.17, 15) is 14.7 Å². The molecule has 7 nitrogen and oxygen atoms in total. The van der Waals surface area contributed by atoms with E-state index >= 15 is 0 Å². The van der Waals surface area contributed by atoms with Gasteiger partial charge in [-0.3, -0.25) is 9.59 Å². The first kappa shape index (κ1) is 24.7. The highest BCUT2D eigenvalue weighted by Gasteiger charge is 2.42. The Morgan fingerprint density at radius 3 is 2.54 bits per heavy atom. The number of carbonyl (C=O) groups is 1. The highest BCUT2D eigenvalue weighted by atomic mass is 35.5. The Kier molecular flexibility index (Phi) is 6.56. The van der Waals surface area contributed by atoms with E-state index < -0.39 is 6.04 Å². The zero-order valence-corrected chi connectivity index (χ0v) is 21.5. The summed E-state index contributed by atoms with van der Waals surface area (Å²) in [6.45, 7) is 4.31. The smallest absolute Gasteiger partial charge is 0.290 e. The number of rotatable bonds is 7.